The van der Waals surface area contributed by atoms with Gasteiger partial charge in [-0.15, -0.1) is 0 Å². The summed E-state index contributed by atoms with van der Waals surface area (Å²) in [5, 5.41) is 0. The Morgan fingerprint density at radius 3 is 2.50 bits per heavy atom. The molecule has 16 heavy (non-hydrogen) atoms. The molecule has 0 radical (unpaired) electrons. The lowest BCUT2D eigenvalue weighted by molar-refractivity contribution is -0.132. The minimum Gasteiger partial charge on any atom is -0.341 e. The molecule has 0 aromatic heterocycles. The Balaban J connectivity index is 2.34. The van der Waals surface area contributed by atoms with Crippen molar-refractivity contribution in [3.05, 3.63) is 0 Å². The van der Waals surface area contributed by atoms with E-state index in [4.69, 9.17) is 5.73 Å². The average molecular weight is 226 g/mol. The van der Waals surface area contributed by atoms with Crippen molar-refractivity contribution >= 4 is 5.91 Å². The third-order valence-corrected chi connectivity index (χ3v) is 3.43. The zero-order chi connectivity index (χ0) is 11.8. The van der Waals surface area contributed by atoms with E-state index in [1.165, 1.54) is 32.1 Å². The van der Waals surface area contributed by atoms with E-state index >= 15 is 0 Å². The third-order valence-electron chi connectivity index (χ3n) is 3.43. The Labute approximate surface area is 99.4 Å². The van der Waals surface area contributed by atoms with Crippen molar-refractivity contribution in [2.75, 3.05) is 19.6 Å². The molecule has 0 bridgehead atoms. The van der Waals surface area contributed by atoms with Gasteiger partial charge in [0.2, 0.25) is 5.91 Å². The number of hydrogen-bond acceptors (Lipinski definition) is 2. The van der Waals surface area contributed by atoms with Gasteiger partial charge >= 0.3 is 0 Å². The summed E-state index contributed by atoms with van der Waals surface area (Å²) in [7, 11) is 0. The van der Waals surface area contributed by atoms with Gasteiger partial charge in [0.25, 0.3) is 0 Å². The molecule has 0 unspecified atom stereocenters. The van der Waals surface area contributed by atoms with Crippen molar-refractivity contribution in [1.82, 2.24) is 4.90 Å². The molecule has 2 N–H and O–H groups in total. The van der Waals surface area contributed by atoms with Crippen LogP contribution >= 0.6 is 0 Å². The topological polar surface area (TPSA) is 46.3 Å². The molecule has 1 aliphatic carbocycles. The first kappa shape index (κ1) is 13.5. The molecule has 1 rings (SSSR count). The number of hydrogen-bond donors (Lipinski definition) is 1. The summed E-state index contributed by atoms with van der Waals surface area (Å²) in [6, 6.07) is 0. The zero-order valence-corrected chi connectivity index (χ0v) is 10.6. The van der Waals surface area contributed by atoms with Gasteiger partial charge < -0.3 is 10.6 Å². The van der Waals surface area contributed by atoms with E-state index in [1.807, 2.05) is 4.90 Å². The first-order valence-electron chi connectivity index (χ1n) is 6.75. The zero-order valence-electron chi connectivity index (χ0n) is 10.6. The Bertz CT molecular complexity index is 194. The van der Waals surface area contributed by atoms with Crippen molar-refractivity contribution in [3.8, 4) is 0 Å². The summed E-state index contributed by atoms with van der Waals surface area (Å²) in [6.45, 7) is 4.27. The van der Waals surface area contributed by atoms with E-state index in [-0.39, 0.29) is 0 Å². The van der Waals surface area contributed by atoms with Crippen LogP contribution in [0.25, 0.3) is 0 Å². The van der Waals surface area contributed by atoms with Gasteiger partial charge in [0.15, 0.2) is 0 Å². The predicted octanol–water partition coefficient (Wildman–Crippen LogP) is 2.15. The van der Waals surface area contributed by atoms with Crippen LogP contribution in [0, 0.1) is 5.92 Å². The summed E-state index contributed by atoms with van der Waals surface area (Å²) in [6.07, 6.45) is 8.23. The molecule has 0 aliphatic heterocycles. The fourth-order valence-corrected chi connectivity index (χ4v) is 2.55. The van der Waals surface area contributed by atoms with Crippen molar-refractivity contribution in [2.24, 2.45) is 11.7 Å². The first-order valence-corrected chi connectivity index (χ1v) is 6.75. The first-order chi connectivity index (χ1) is 7.77. The molecule has 1 fully saturated rings. The van der Waals surface area contributed by atoms with Crippen LogP contribution in [0.4, 0.5) is 0 Å². The van der Waals surface area contributed by atoms with Crippen molar-refractivity contribution in [2.45, 2.75) is 51.9 Å². The molecular formula is C13H26N2O. The van der Waals surface area contributed by atoms with Crippen molar-refractivity contribution in [3.63, 3.8) is 0 Å². The highest BCUT2D eigenvalue weighted by atomic mass is 16.2. The van der Waals surface area contributed by atoms with Crippen LogP contribution in [-0.2, 0) is 4.79 Å². The third kappa shape index (κ3) is 4.52. The lowest BCUT2D eigenvalue weighted by Gasteiger charge is -2.26. The molecule has 94 valence electrons. The van der Waals surface area contributed by atoms with Gasteiger partial charge in [0.05, 0.1) is 0 Å². The Morgan fingerprint density at radius 1 is 1.25 bits per heavy atom. The minimum atomic E-state index is 0.319. The highest BCUT2D eigenvalue weighted by molar-refractivity contribution is 5.76. The molecule has 0 aromatic carbocycles. The molecule has 1 saturated carbocycles. The quantitative estimate of drug-likeness (QED) is 0.754. The summed E-state index contributed by atoms with van der Waals surface area (Å²) in [5.74, 6) is 0.956. The Kier molecular flexibility index (Phi) is 6.46. The summed E-state index contributed by atoms with van der Waals surface area (Å²) in [5.41, 5.74) is 5.54. The monoisotopic (exact) mass is 226 g/mol. The summed E-state index contributed by atoms with van der Waals surface area (Å²) >= 11 is 0. The molecule has 3 heteroatoms. The maximum absolute atomic E-state index is 12.1. The Hall–Kier alpha value is -0.570. The van der Waals surface area contributed by atoms with Crippen LogP contribution in [0.15, 0.2) is 0 Å². The van der Waals surface area contributed by atoms with E-state index in [0.29, 0.717) is 18.4 Å². The normalized spacial score (nSPS) is 17.4. The molecule has 0 saturated heterocycles. The van der Waals surface area contributed by atoms with Gasteiger partial charge in [0.1, 0.15) is 0 Å². The predicted molar refractivity (Wildman–Crippen MR) is 67.1 cm³/mol. The van der Waals surface area contributed by atoms with Crippen LogP contribution in [-0.4, -0.2) is 30.4 Å². The fraction of sp³-hybridized carbons (Fsp3) is 0.923. The van der Waals surface area contributed by atoms with Crippen LogP contribution in [0.3, 0.4) is 0 Å². The second-order valence-electron chi connectivity index (χ2n) is 4.88. The molecule has 0 aromatic rings. The number of carbonyl (C=O) groups excluding carboxylic acids is 1. The highest BCUT2D eigenvalue weighted by Crippen LogP contribution is 2.26. The van der Waals surface area contributed by atoms with Crippen molar-refractivity contribution in [1.29, 1.82) is 0 Å². The number of carbonyl (C=O) groups is 1. The van der Waals surface area contributed by atoms with E-state index in [0.717, 1.165) is 25.9 Å². The summed E-state index contributed by atoms with van der Waals surface area (Å²) in [4.78, 5) is 14.0. The lowest BCUT2D eigenvalue weighted by atomic mass is 9.86. The number of amides is 1. The van der Waals surface area contributed by atoms with Crippen LogP contribution in [0.1, 0.15) is 51.9 Å². The van der Waals surface area contributed by atoms with Gasteiger partial charge in [-0.05, 0) is 25.2 Å². The van der Waals surface area contributed by atoms with E-state index in [2.05, 4.69) is 6.92 Å². The molecular weight excluding hydrogens is 200 g/mol. The summed E-state index contributed by atoms with van der Waals surface area (Å²) < 4.78 is 0. The molecule has 0 heterocycles. The second kappa shape index (κ2) is 7.66. The molecule has 3 nitrogen and oxygen atoms in total. The number of rotatable bonds is 6. The van der Waals surface area contributed by atoms with Gasteiger partial charge in [-0.1, -0.05) is 26.2 Å². The molecule has 0 atom stereocenters. The van der Waals surface area contributed by atoms with E-state index in [1.54, 1.807) is 0 Å². The SMILES string of the molecule is CCCN(CCN)C(=O)CC1CCCCC1. The fourth-order valence-electron chi connectivity index (χ4n) is 2.55. The Morgan fingerprint density at radius 2 is 1.94 bits per heavy atom. The molecule has 0 spiro atoms. The van der Waals surface area contributed by atoms with Crippen LogP contribution in [0.2, 0.25) is 0 Å². The van der Waals surface area contributed by atoms with Gasteiger partial charge in [0, 0.05) is 26.1 Å². The average Bonchev–Trinajstić information content (AvgIpc) is 2.30. The van der Waals surface area contributed by atoms with Gasteiger partial charge in [-0.2, -0.15) is 0 Å². The second-order valence-corrected chi connectivity index (χ2v) is 4.88. The van der Waals surface area contributed by atoms with Crippen molar-refractivity contribution < 1.29 is 4.79 Å². The number of nitrogens with zero attached hydrogens (tertiary/aromatic N) is 1. The maximum Gasteiger partial charge on any atom is 0.222 e. The van der Waals surface area contributed by atoms with Crippen LogP contribution < -0.4 is 5.73 Å². The van der Waals surface area contributed by atoms with Crippen LogP contribution in [0.5, 0.6) is 0 Å². The smallest absolute Gasteiger partial charge is 0.222 e. The largest absolute Gasteiger partial charge is 0.341 e. The molecule has 1 aliphatic rings. The van der Waals surface area contributed by atoms with Gasteiger partial charge in [-0.3, -0.25) is 4.79 Å². The van der Waals surface area contributed by atoms with E-state index in [9.17, 15) is 4.79 Å². The molecule has 1 amide bonds. The lowest BCUT2D eigenvalue weighted by Crippen LogP contribution is -2.37. The minimum absolute atomic E-state index is 0.319. The highest BCUT2D eigenvalue weighted by Gasteiger charge is 2.20. The number of nitrogens with two attached hydrogens (primary N) is 1. The van der Waals surface area contributed by atoms with E-state index < -0.39 is 0 Å². The standard InChI is InChI=1S/C13H26N2O/c1-2-9-15(10-8-14)13(16)11-12-6-4-3-5-7-12/h12H,2-11,14H2,1H3. The maximum atomic E-state index is 12.1. The van der Waals surface area contributed by atoms with Gasteiger partial charge in [-0.25, -0.2) is 0 Å².